The molecule has 0 aliphatic carbocycles. The van der Waals surface area contributed by atoms with Gasteiger partial charge in [0.15, 0.2) is 5.76 Å². The lowest BCUT2D eigenvalue weighted by Gasteiger charge is -2.20. The van der Waals surface area contributed by atoms with Gasteiger partial charge in [-0.05, 0) is 63.6 Å². The minimum Gasteiger partial charge on any atom is -0.493 e. The van der Waals surface area contributed by atoms with E-state index in [1.165, 1.54) is 24.5 Å². The molecule has 0 radical (unpaired) electrons. The van der Waals surface area contributed by atoms with E-state index < -0.39 is 6.10 Å². The van der Waals surface area contributed by atoms with Crippen molar-refractivity contribution in [2.24, 2.45) is 0 Å². The second kappa shape index (κ2) is 11.2. The third kappa shape index (κ3) is 5.99. The van der Waals surface area contributed by atoms with E-state index in [9.17, 15) is 14.0 Å². The normalized spacial score (nSPS) is 15.9. The van der Waals surface area contributed by atoms with Gasteiger partial charge in [0.05, 0.1) is 18.7 Å². The number of rotatable bonds is 10. The number of fused-ring (bicyclic) bond motifs is 1. The van der Waals surface area contributed by atoms with Crippen LogP contribution >= 0.6 is 0 Å². The highest BCUT2D eigenvalue weighted by molar-refractivity contribution is 5.97. The Morgan fingerprint density at radius 2 is 1.88 bits per heavy atom. The lowest BCUT2D eigenvalue weighted by Crippen LogP contribution is -2.28. The summed E-state index contributed by atoms with van der Waals surface area (Å²) in [5.41, 5.74) is 1.11. The zero-order valence-electron chi connectivity index (χ0n) is 19.2. The number of aromatic nitrogens is 1. The quantitative estimate of drug-likeness (QED) is 0.304. The Labute approximate surface area is 196 Å². The standard InChI is InChI=1S/C26H28FNO6/c1-17-13-23(19-14-18(27)8-9-20(19)28-17)32-10-4-2-5-11-33-25-16-34-24(15-21(25)29)26(30)22-7-3-6-12-31-22/h8-9,13-16,22H,2-7,10-12H2,1H3. The third-order valence-corrected chi connectivity index (χ3v) is 5.68. The number of unbranched alkanes of at least 4 members (excludes halogenated alkanes) is 2. The predicted molar refractivity (Wildman–Crippen MR) is 124 cm³/mol. The number of halogens is 1. The largest absolute Gasteiger partial charge is 0.493 e. The smallest absolute Gasteiger partial charge is 0.227 e. The minimum absolute atomic E-state index is 0.000141. The van der Waals surface area contributed by atoms with Crippen LogP contribution in [0, 0.1) is 12.7 Å². The van der Waals surface area contributed by atoms with Crippen LogP contribution in [0.5, 0.6) is 11.5 Å². The highest BCUT2D eigenvalue weighted by Crippen LogP contribution is 2.26. The van der Waals surface area contributed by atoms with Gasteiger partial charge in [-0.2, -0.15) is 0 Å². The molecular weight excluding hydrogens is 441 g/mol. The van der Waals surface area contributed by atoms with Gasteiger partial charge in [0.25, 0.3) is 0 Å². The van der Waals surface area contributed by atoms with E-state index in [0.717, 1.165) is 31.4 Å². The lowest BCUT2D eigenvalue weighted by molar-refractivity contribution is 0.0166. The molecule has 1 saturated heterocycles. The maximum absolute atomic E-state index is 13.6. The Bertz CT molecular complexity index is 1200. The van der Waals surface area contributed by atoms with Gasteiger partial charge < -0.3 is 18.6 Å². The summed E-state index contributed by atoms with van der Waals surface area (Å²) in [7, 11) is 0. The Kier molecular flexibility index (Phi) is 7.90. The molecule has 8 heteroatoms. The van der Waals surface area contributed by atoms with Crippen LogP contribution in [-0.2, 0) is 4.74 Å². The SMILES string of the molecule is Cc1cc(OCCCCCOc2coc(C(=O)C3CCCCO3)cc2=O)c2cc(F)ccc2n1. The molecule has 0 amide bonds. The fourth-order valence-corrected chi connectivity index (χ4v) is 3.90. The molecule has 1 unspecified atom stereocenters. The zero-order valence-corrected chi connectivity index (χ0v) is 19.2. The van der Waals surface area contributed by atoms with Crippen molar-refractivity contribution in [2.45, 2.75) is 51.6 Å². The van der Waals surface area contributed by atoms with Gasteiger partial charge in [0, 0.05) is 29.8 Å². The van der Waals surface area contributed by atoms with Crippen molar-refractivity contribution in [1.82, 2.24) is 4.98 Å². The summed E-state index contributed by atoms with van der Waals surface area (Å²) in [5, 5.41) is 0.651. The summed E-state index contributed by atoms with van der Waals surface area (Å²) in [5.74, 6) is 0.0648. The summed E-state index contributed by atoms with van der Waals surface area (Å²) in [6.45, 7) is 3.23. The molecular formula is C26H28FNO6. The number of nitrogens with zero attached hydrogens (tertiary/aromatic N) is 1. The first-order valence-electron chi connectivity index (χ1n) is 11.6. The van der Waals surface area contributed by atoms with Crippen LogP contribution in [0.15, 0.2) is 45.8 Å². The second-order valence-corrected chi connectivity index (χ2v) is 8.37. The lowest BCUT2D eigenvalue weighted by atomic mass is 10.0. The maximum atomic E-state index is 13.6. The fourth-order valence-electron chi connectivity index (χ4n) is 3.90. The Hall–Kier alpha value is -3.26. The Balaban J connectivity index is 1.20. The molecule has 1 aliphatic heterocycles. The van der Waals surface area contributed by atoms with E-state index >= 15 is 0 Å². The number of benzene rings is 1. The molecule has 3 heterocycles. The number of hydrogen-bond donors (Lipinski definition) is 0. The predicted octanol–water partition coefficient (Wildman–Crippen LogP) is 5.02. The Morgan fingerprint density at radius 1 is 1.09 bits per heavy atom. The van der Waals surface area contributed by atoms with Gasteiger partial charge in [-0.25, -0.2) is 4.39 Å². The van der Waals surface area contributed by atoms with Crippen LogP contribution in [0.1, 0.15) is 54.8 Å². The molecule has 1 fully saturated rings. The van der Waals surface area contributed by atoms with Gasteiger partial charge in [-0.3, -0.25) is 14.6 Å². The summed E-state index contributed by atoms with van der Waals surface area (Å²) in [4.78, 5) is 29.1. The van der Waals surface area contributed by atoms with E-state index in [4.69, 9.17) is 18.6 Å². The van der Waals surface area contributed by atoms with Crippen LogP contribution in [0.25, 0.3) is 10.9 Å². The Morgan fingerprint density at radius 3 is 2.62 bits per heavy atom. The van der Waals surface area contributed by atoms with E-state index in [0.29, 0.717) is 49.3 Å². The van der Waals surface area contributed by atoms with Crippen LogP contribution in [0.3, 0.4) is 0 Å². The fraction of sp³-hybridized carbons (Fsp3) is 0.423. The van der Waals surface area contributed by atoms with Gasteiger partial charge in [-0.1, -0.05) is 0 Å². The molecule has 0 N–H and O–H groups in total. The maximum Gasteiger partial charge on any atom is 0.227 e. The molecule has 0 spiro atoms. The molecule has 2 aromatic heterocycles. The number of aryl methyl sites for hydroxylation is 1. The number of ether oxygens (including phenoxy) is 3. The average molecular weight is 470 g/mol. The number of carbonyl (C=O) groups excluding carboxylic acids is 1. The van der Waals surface area contributed by atoms with Gasteiger partial charge in [0.1, 0.15) is 23.9 Å². The summed E-state index contributed by atoms with van der Waals surface area (Å²) < 4.78 is 35.8. The molecule has 180 valence electrons. The molecule has 1 aromatic carbocycles. The van der Waals surface area contributed by atoms with Crippen molar-refractivity contribution < 1.29 is 27.8 Å². The number of carbonyl (C=O) groups is 1. The number of ketones is 1. The van der Waals surface area contributed by atoms with Gasteiger partial charge in [0.2, 0.25) is 17.0 Å². The van der Waals surface area contributed by atoms with Crippen LogP contribution in [0.4, 0.5) is 4.39 Å². The molecule has 7 nitrogen and oxygen atoms in total. The van der Waals surface area contributed by atoms with Crippen molar-refractivity contribution in [1.29, 1.82) is 0 Å². The minimum atomic E-state index is -0.543. The summed E-state index contributed by atoms with van der Waals surface area (Å²) in [6.07, 6.45) is 5.44. The molecule has 4 rings (SSSR count). The van der Waals surface area contributed by atoms with E-state index in [1.54, 1.807) is 12.1 Å². The molecule has 1 atom stereocenters. The first kappa shape index (κ1) is 23.9. The number of Topliss-reactive ketones (excluding diaryl/α,β-unsaturated/α-hetero) is 1. The zero-order chi connectivity index (χ0) is 23.9. The van der Waals surface area contributed by atoms with Gasteiger partial charge >= 0.3 is 0 Å². The highest BCUT2D eigenvalue weighted by Gasteiger charge is 2.25. The number of hydrogen-bond acceptors (Lipinski definition) is 7. The summed E-state index contributed by atoms with van der Waals surface area (Å²) in [6, 6.07) is 7.43. The molecule has 34 heavy (non-hydrogen) atoms. The first-order valence-corrected chi connectivity index (χ1v) is 11.6. The molecule has 0 bridgehead atoms. The molecule has 3 aromatic rings. The highest BCUT2D eigenvalue weighted by atomic mass is 19.1. The molecule has 1 aliphatic rings. The monoisotopic (exact) mass is 469 g/mol. The first-order chi connectivity index (χ1) is 16.5. The average Bonchev–Trinajstić information content (AvgIpc) is 2.84. The van der Waals surface area contributed by atoms with E-state index in [1.807, 2.05) is 6.92 Å². The van der Waals surface area contributed by atoms with Crippen LogP contribution < -0.4 is 14.9 Å². The van der Waals surface area contributed by atoms with Crippen molar-refractivity contribution in [3.8, 4) is 11.5 Å². The van der Waals surface area contributed by atoms with E-state index in [2.05, 4.69) is 4.98 Å². The van der Waals surface area contributed by atoms with Crippen LogP contribution in [-0.4, -0.2) is 36.7 Å². The third-order valence-electron chi connectivity index (χ3n) is 5.68. The topological polar surface area (TPSA) is 87.9 Å². The second-order valence-electron chi connectivity index (χ2n) is 8.37. The van der Waals surface area contributed by atoms with Crippen molar-refractivity contribution in [3.05, 3.63) is 64.1 Å². The van der Waals surface area contributed by atoms with Crippen molar-refractivity contribution in [2.75, 3.05) is 19.8 Å². The van der Waals surface area contributed by atoms with Crippen LogP contribution in [0.2, 0.25) is 0 Å². The summed E-state index contributed by atoms with van der Waals surface area (Å²) >= 11 is 0. The number of pyridine rings is 1. The van der Waals surface area contributed by atoms with Crippen molar-refractivity contribution in [3.63, 3.8) is 0 Å². The van der Waals surface area contributed by atoms with Gasteiger partial charge in [-0.15, -0.1) is 0 Å². The van der Waals surface area contributed by atoms with Crippen molar-refractivity contribution >= 4 is 16.7 Å². The molecule has 0 saturated carbocycles. The van der Waals surface area contributed by atoms with E-state index in [-0.39, 0.29) is 28.5 Å².